The number of fused-ring (bicyclic) bond motifs is 3. The Morgan fingerprint density at radius 2 is 1.97 bits per heavy atom. The molecule has 8 heteroatoms. The number of hydrogen-bond donors (Lipinski definition) is 2. The molecular formula is C29H33ClN2O5. The Morgan fingerprint density at radius 3 is 2.78 bits per heavy atom. The van der Waals surface area contributed by atoms with Crippen molar-refractivity contribution >= 4 is 29.2 Å². The first kappa shape index (κ1) is 25.6. The van der Waals surface area contributed by atoms with Crippen LogP contribution in [0.25, 0.3) is 0 Å². The average molecular weight is 525 g/mol. The first-order valence-electron chi connectivity index (χ1n) is 12.9. The number of aryl methyl sites for hydroxylation is 1. The van der Waals surface area contributed by atoms with Gasteiger partial charge in [0.15, 0.2) is 5.60 Å². The number of carbonyl (C=O) groups is 2. The Labute approximate surface area is 222 Å². The molecule has 0 unspecified atom stereocenters. The number of likely N-dealkylation sites (N-methyl/N-ethyl adjacent to an activating group) is 1. The van der Waals surface area contributed by atoms with E-state index >= 15 is 0 Å². The van der Waals surface area contributed by atoms with Gasteiger partial charge in [-0.05, 0) is 73.1 Å². The monoisotopic (exact) mass is 524 g/mol. The summed E-state index contributed by atoms with van der Waals surface area (Å²) < 4.78 is 6.43. The minimum absolute atomic E-state index is 0.175. The van der Waals surface area contributed by atoms with Crippen molar-refractivity contribution in [3.63, 3.8) is 0 Å². The van der Waals surface area contributed by atoms with E-state index in [1.807, 2.05) is 12.1 Å². The largest absolute Gasteiger partial charge is 0.490 e. The second-order valence-electron chi connectivity index (χ2n) is 10.6. The molecule has 196 valence electrons. The number of halogens is 1. The maximum Gasteiger partial charge on any atom is 0.340 e. The molecule has 1 aliphatic carbocycles. The Bertz CT molecular complexity index is 1250. The van der Waals surface area contributed by atoms with Crippen molar-refractivity contribution in [2.75, 3.05) is 38.2 Å². The normalized spacial score (nSPS) is 26.2. The van der Waals surface area contributed by atoms with Gasteiger partial charge in [-0.15, -0.1) is 0 Å². The summed E-state index contributed by atoms with van der Waals surface area (Å²) in [5, 5.41) is 22.1. The van der Waals surface area contributed by atoms with Crippen molar-refractivity contribution in [1.29, 1.82) is 0 Å². The fourth-order valence-corrected chi connectivity index (χ4v) is 6.11. The molecule has 2 heterocycles. The third-order valence-electron chi connectivity index (χ3n) is 8.05. The molecule has 2 bridgehead atoms. The van der Waals surface area contributed by atoms with E-state index in [4.69, 9.17) is 16.3 Å². The number of benzene rings is 2. The van der Waals surface area contributed by atoms with Gasteiger partial charge in [0.2, 0.25) is 5.91 Å². The molecule has 0 radical (unpaired) electrons. The average Bonchev–Trinajstić information content (AvgIpc) is 3.02. The van der Waals surface area contributed by atoms with Gasteiger partial charge in [-0.25, -0.2) is 4.79 Å². The molecule has 2 atom stereocenters. The fourth-order valence-electron chi connectivity index (χ4n) is 5.92. The van der Waals surface area contributed by atoms with Crippen molar-refractivity contribution in [3.8, 4) is 5.75 Å². The van der Waals surface area contributed by atoms with Gasteiger partial charge in [0, 0.05) is 37.1 Å². The molecule has 0 fully saturated rings. The highest BCUT2D eigenvalue weighted by Gasteiger charge is 2.44. The molecule has 0 aromatic heterocycles. The lowest BCUT2D eigenvalue weighted by atomic mass is 9.70. The van der Waals surface area contributed by atoms with Gasteiger partial charge in [0.25, 0.3) is 0 Å². The van der Waals surface area contributed by atoms with E-state index in [2.05, 4.69) is 23.1 Å². The van der Waals surface area contributed by atoms with Crippen LogP contribution < -0.4 is 9.64 Å². The summed E-state index contributed by atoms with van der Waals surface area (Å²) in [4.78, 5) is 28.8. The Morgan fingerprint density at radius 1 is 1.14 bits per heavy atom. The number of anilines is 1. The first-order chi connectivity index (χ1) is 17.7. The molecule has 2 aliphatic heterocycles. The molecule has 2 N–H and O–H groups in total. The van der Waals surface area contributed by atoms with Crippen LogP contribution >= 0.6 is 11.6 Å². The zero-order valence-electron chi connectivity index (χ0n) is 21.1. The van der Waals surface area contributed by atoms with E-state index < -0.39 is 23.9 Å². The maximum absolute atomic E-state index is 12.8. The molecule has 7 nitrogen and oxygen atoms in total. The van der Waals surface area contributed by atoms with Crippen LogP contribution in [0.2, 0.25) is 5.02 Å². The smallest absolute Gasteiger partial charge is 0.340 e. The highest BCUT2D eigenvalue weighted by Crippen LogP contribution is 2.45. The zero-order chi connectivity index (χ0) is 26.2. The van der Waals surface area contributed by atoms with E-state index in [1.54, 1.807) is 25.2 Å². The maximum atomic E-state index is 12.8. The molecule has 37 heavy (non-hydrogen) atoms. The highest BCUT2D eigenvalue weighted by molar-refractivity contribution is 6.30. The van der Waals surface area contributed by atoms with E-state index in [0.29, 0.717) is 25.4 Å². The van der Waals surface area contributed by atoms with Crippen LogP contribution in [0.15, 0.2) is 48.6 Å². The summed E-state index contributed by atoms with van der Waals surface area (Å²) in [6.07, 6.45) is 8.14. The third kappa shape index (κ3) is 4.82. The summed E-state index contributed by atoms with van der Waals surface area (Å²) in [7, 11) is 1.61. The standard InChI is InChI=1S/C29H33ClN2O5/c1-31-13-4-2-3-5-14-32-18-28(12-6-7-20-15-22(30)9-10-23(20)28)19-37-25-11-8-21(16-24(25)32)29(36,27(34)35)17-26(31)33/h2,4,8-11,15-16,36H,3,5-7,12-14,17-19H2,1H3,(H,34,35)/t28-,29-/m0/s1. The molecule has 5 rings (SSSR count). The van der Waals surface area contributed by atoms with Crippen LogP contribution in [0.3, 0.4) is 0 Å². The van der Waals surface area contributed by atoms with Crippen molar-refractivity contribution in [2.24, 2.45) is 0 Å². The van der Waals surface area contributed by atoms with Crippen LogP contribution in [0.4, 0.5) is 5.69 Å². The lowest BCUT2D eigenvalue weighted by Gasteiger charge is -2.41. The summed E-state index contributed by atoms with van der Waals surface area (Å²) in [5.74, 6) is -1.24. The van der Waals surface area contributed by atoms with Crippen molar-refractivity contribution in [1.82, 2.24) is 4.90 Å². The topological polar surface area (TPSA) is 90.3 Å². The number of carbonyl (C=O) groups excluding carboxylic acids is 1. The Balaban J connectivity index is 1.60. The van der Waals surface area contributed by atoms with Crippen molar-refractivity contribution in [3.05, 3.63) is 70.3 Å². The molecule has 2 aromatic carbocycles. The Kier molecular flexibility index (Phi) is 6.94. The van der Waals surface area contributed by atoms with E-state index in [9.17, 15) is 19.8 Å². The number of amides is 1. The van der Waals surface area contributed by atoms with Crippen LogP contribution in [-0.2, 0) is 27.0 Å². The van der Waals surface area contributed by atoms with Gasteiger partial charge in [-0.3, -0.25) is 4.79 Å². The first-order valence-corrected chi connectivity index (χ1v) is 13.3. The number of hydrogen-bond acceptors (Lipinski definition) is 5. The second kappa shape index (κ2) is 10.0. The number of allylic oxidation sites excluding steroid dienone is 1. The zero-order valence-corrected chi connectivity index (χ0v) is 21.8. The molecule has 1 spiro atoms. The predicted molar refractivity (Wildman–Crippen MR) is 142 cm³/mol. The van der Waals surface area contributed by atoms with Gasteiger partial charge >= 0.3 is 5.97 Å². The summed E-state index contributed by atoms with van der Waals surface area (Å²) >= 11 is 6.32. The van der Waals surface area contributed by atoms with Gasteiger partial charge in [-0.2, -0.15) is 0 Å². The van der Waals surface area contributed by atoms with E-state index in [-0.39, 0.29) is 11.0 Å². The molecule has 0 saturated carbocycles. The highest BCUT2D eigenvalue weighted by atomic mass is 35.5. The SMILES string of the molecule is CN1CC=CCCCN2C[C@@]3(CCCc4cc(Cl)ccc43)COc3ccc(cc32)[C@](O)(C(=O)O)CC1=O. The van der Waals surface area contributed by atoms with Gasteiger partial charge in [0.05, 0.1) is 18.7 Å². The molecule has 2 aromatic rings. The quantitative estimate of drug-likeness (QED) is 0.541. The number of nitrogens with zero attached hydrogens (tertiary/aromatic N) is 2. The fraction of sp³-hybridized carbons (Fsp3) is 0.448. The van der Waals surface area contributed by atoms with Gasteiger partial charge in [-0.1, -0.05) is 35.9 Å². The van der Waals surface area contributed by atoms with E-state index in [1.165, 1.54) is 16.0 Å². The number of ether oxygens (including phenoxy) is 1. The van der Waals surface area contributed by atoms with Gasteiger partial charge < -0.3 is 24.7 Å². The Hall–Kier alpha value is -3.03. The van der Waals surface area contributed by atoms with Crippen LogP contribution in [0.5, 0.6) is 5.75 Å². The summed E-state index contributed by atoms with van der Waals surface area (Å²) in [6, 6.07) is 11.1. The number of aliphatic hydroxyl groups is 1. The van der Waals surface area contributed by atoms with Crippen LogP contribution in [0.1, 0.15) is 48.8 Å². The number of rotatable bonds is 1. The summed E-state index contributed by atoms with van der Waals surface area (Å²) in [5.41, 5.74) is 0.844. The minimum Gasteiger partial charge on any atom is -0.490 e. The molecule has 3 aliphatic rings. The minimum atomic E-state index is -2.35. The number of aliphatic carboxylic acids is 1. The third-order valence-corrected chi connectivity index (χ3v) is 8.28. The van der Waals surface area contributed by atoms with Crippen molar-refractivity contribution in [2.45, 2.75) is 49.5 Å². The second-order valence-corrected chi connectivity index (χ2v) is 11.0. The van der Waals surface area contributed by atoms with Crippen molar-refractivity contribution < 1.29 is 24.5 Å². The lowest BCUT2D eigenvalue weighted by molar-refractivity contribution is -0.164. The predicted octanol–water partition coefficient (Wildman–Crippen LogP) is 4.28. The molecular weight excluding hydrogens is 492 g/mol. The van der Waals surface area contributed by atoms with Gasteiger partial charge in [0.1, 0.15) is 5.75 Å². The molecule has 1 amide bonds. The number of carboxylic acids is 1. The van der Waals surface area contributed by atoms with E-state index in [0.717, 1.165) is 49.4 Å². The summed E-state index contributed by atoms with van der Waals surface area (Å²) in [6.45, 7) is 2.31. The van der Waals surface area contributed by atoms with Crippen LogP contribution in [0, 0.1) is 0 Å². The molecule has 0 saturated heterocycles. The number of carboxylic acid groups (broad SMARTS) is 1. The lowest BCUT2D eigenvalue weighted by Crippen LogP contribution is -2.46. The van der Waals surface area contributed by atoms with Crippen LogP contribution in [-0.4, -0.2) is 60.3 Å².